The van der Waals surface area contributed by atoms with Crippen molar-refractivity contribution in [3.05, 3.63) is 54.1 Å². The molecule has 27 heavy (non-hydrogen) atoms. The van der Waals surface area contributed by atoms with Crippen LogP contribution in [0.25, 0.3) is 6.08 Å². The van der Waals surface area contributed by atoms with Crippen molar-refractivity contribution in [1.29, 1.82) is 5.26 Å². The van der Waals surface area contributed by atoms with Gasteiger partial charge in [0.2, 0.25) is 5.91 Å². The number of anilines is 1. The molecular weight excluding hydrogens is 374 g/mol. The lowest BCUT2D eigenvalue weighted by molar-refractivity contribution is -0.111. The van der Waals surface area contributed by atoms with E-state index in [-0.39, 0.29) is 11.5 Å². The van der Waals surface area contributed by atoms with Gasteiger partial charge in [0.15, 0.2) is 18.1 Å². The third kappa shape index (κ3) is 6.31. The summed E-state index contributed by atoms with van der Waals surface area (Å²) in [4.78, 5) is 12.4. The fraction of sp³-hybridized carbons (Fsp3) is 0.158. The molecule has 0 aliphatic rings. The van der Waals surface area contributed by atoms with Gasteiger partial charge in [-0.25, -0.2) is 0 Å². The van der Waals surface area contributed by atoms with Crippen molar-refractivity contribution < 1.29 is 23.0 Å². The molecule has 0 heterocycles. The number of carbonyl (C=O) groups excluding carboxylic acids is 1. The summed E-state index contributed by atoms with van der Waals surface area (Å²) in [6.45, 7) is -0.107. The average molecular weight is 390 g/mol. The normalized spacial score (nSPS) is 10.6. The van der Waals surface area contributed by atoms with Gasteiger partial charge in [-0.05, 0) is 35.9 Å². The number of amides is 1. The largest absolute Gasteiger partial charge is 0.493 e. The molecule has 1 amide bonds. The maximum atomic E-state index is 12.6. The second-order valence-corrected chi connectivity index (χ2v) is 6.09. The van der Waals surface area contributed by atoms with Crippen molar-refractivity contribution in [2.45, 2.75) is 10.7 Å². The molecule has 0 aliphatic heterocycles. The van der Waals surface area contributed by atoms with Crippen LogP contribution in [0.2, 0.25) is 0 Å². The lowest BCUT2D eigenvalue weighted by Crippen LogP contribution is -2.08. The standard InChI is InChI=1S/C19H16F2N2O3S/c1-25-16-12-13(6-8-15(16)26-11-10-22)7-9-18(24)23-14-4-2-3-5-17(14)27-19(20)21/h2-9,12,19H,11H2,1H3,(H,23,24)/b9-7+. The topological polar surface area (TPSA) is 71.3 Å². The van der Waals surface area contributed by atoms with Crippen molar-refractivity contribution in [2.75, 3.05) is 19.0 Å². The molecule has 8 heteroatoms. The molecule has 2 aromatic rings. The van der Waals surface area contributed by atoms with Gasteiger partial charge >= 0.3 is 0 Å². The second kappa shape index (κ2) is 10.2. The fourth-order valence-electron chi connectivity index (χ4n) is 2.13. The summed E-state index contributed by atoms with van der Waals surface area (Å²) in [6.07, 6.45) is 2.84. The Labute approximate surface area is 159 Å². The number of benzene rings is 2. The number of nitrogens with zero attached hydrogens (tertiary/aromatic N) is 1. The van der Waals surface area contributed by atoms with Gasteiger partial charge < -0.3 is 14.8 Å². The van der Waals surface area contributed by atoms with Crippen LogP contribution >= 0.6 is 11.8 Å². The minimum atomic E-state index is -2.58. The highest BCUT2D eigenvalue weighted by Crippen LogP contribution is 2.32. The Kier molecular flexibility index (Phi) is 7.64. The molecule has 0 aromatic heterocycles. The number of rotatable bonds is 8. The first-order valence-electron chi connectivity index (χ1n) is 7.74. The predicted molar refractivity (Wildman–Crippen MR) is 100 cm³/mol. The van der Waals surface area contributed by atoms with Crippen molar-refractivity contribution in [3.63, 3.8) is 0 Å². The maximum Gasteiger partial charge on any atom is 0.288 e. The molecule has 0 unspecified atom stereocenters. The summed E-state index contributed by atoms with van der Waals surface area (Å²) < 4.78 is 35.6. The molecule has 2 aromatic carbocycles. The van der Waals surface area contributed by atoms with E-state index in [2.05, 4.69) is 5.32 Å². The van der Waals surface area contributed by atoms with Gasteiger partial charge in [-0.1, -0.05) is 30.0 Å². The van der Waals surface area contributed by atoms with Crippen LogP contribution in [0.1, 0.15) is 5.56 Å². The number of alkyl halides is 2. The molecular formula is C19H16F2N2O3S. The summed E-state index contributed by atoms with van der Waals surface area (Å²) in [5, 5.41) is 11.1. The van der Waals surface area contributed by atoms with Gasteiger partial charge in [-0.15, -0.1) is 0 Å². The first kappa shape index (κ1) is 20.3. The molecule has 2 rings (SSSR count). The Hall–Kier alpha value is -3.05. The molecule has 0 atom stereocenters. The van der Waals surface area contributed by atoms with Crippen LogP contribution < -0.4 is 14.8 Å². The van der Waals surface area contributed by atoms with Crippen molar-refractivity contribution >= 4 is 29.4 Å². The lowest BCUT2D eigenvalue weighted by Gasteiger charge is -2.09. The Morgan fingerprint density at radius 1 is 1.30 bits per heavy atom. The fourth-order valence-corrected chi connectivity index (χ4v) is 2.73. The van der Waals surface area contributed by atoms with Gasteiger partial charge in [0.05, 0.1) is 12.8 Å². The van der Waals surface area contributed by atoms with E-state index in [1.54, 1.807) is 42.5 Å². The third-order valence-electron chi connectivity index (χ3n) is 3.27. The van der Waals surface area contributed by atoms with Crippen molar-refractivity contribution in [3.8, 4) is 17.6 Å². The Morgan fingerprint density at radius 2 is 2.07 bits per heavy atom. The molecule has 5 nitrogen and oxygen atoms in total. The Bertz CT molecular complexity index is 866. The van der Waals surface area contributed by atoms with E-state index >= 15 is 0 Å². The third-order valence-corrected chi connectivity index (χ3v) is 4.06. The zero-order valence-electron chi connectivity index (χ0n) is 14.3. The second-order valence-electron chi connectivity index (χ2n) is 5.05. The number of methoxy groups -OCH3 is 1. The zero-order chi connectivity index (χ0) is 19.6. The van der Waals surface area contributed by atoms with E-state index in [1.807, 2.05) is 6.07 Å². The minimum absolute atomic E-state index is 0.107. The van der Waals surface area contributed by atoms with Crippen LogP contribution in [-0.4, -0.2) is 25.4 Å². The quantitative estimate of drug-likeness (QED) is 0.528. The maximum absolute atomic E-state index is 12.6. The smallest absolute Gasteiger partial charge is 0.288 e. The molecule has 0 saturated carbocycles. The number of halogens is 2. The minimum Gasteiger partial charge on any atom is -0.493 e. The number of nitrogens with one attached hydrogen (secondary N) is 1. The molecule has 0 saturated heterocycles. The number of carbonyl (C=O) groups is 1. The molecule has 0 fully saturated rings. The molecule has 0 spiro atoms. The summed E-state index contributed by atoms with van der Waals surface area (Å²) in [7, 11) is 1.46. The number of nitriles is 1. The van der Waals surface area contributed by atoms with E-state index in [1.165, 1.54) is 19.3 Å². The molecule has 0 radical (unpaired) electrons. The van der Waals surface area contributed by atoms with Gasteiger partial charge in [0.25, 0.3) is 5.76 Å². The summed E-state index contributed by atoms with van der Waals surface area (Å²) in [6, 6.07) is 13.2. The number of thioether (sulfide) groups is 1. The van der Waals surface area contributed by atoms with Crippen LogP contribution in [0.3, 0.4) is 0 Å². The van der Waals surface area contributed by atoms with E-state index in [0.29, 0.717) is 34.5 Å². The van der Waals surface area contributed by atoms with Gasteiger partial charge in [0, 0.05) is 11.0 Å². The number of hydrogen-bond donors (Lipinski definition) is 1. The molecule has 0 aliphatic carbocycles. The van der Waals surface area contributed by atoms with Crippen LogP contribution in [0.4, 0.5) is 14.5 Å². The van der Waals surface area contributed by atoms with E-state index in [0.717, 1.165) is 0 Å². The monoisotopic (exact) mass is 390 g/mol. The molecule has 140 valence electrons. The SMILES string of the molecule is COc1cc(/C=C/C(=O)Nc2ccccc2SC(F)F)ccc1OCC#N. The van der Waals surface area contributed by atoms with E-state index in [4.69, 9.17) is 14.7 Å². The number of hydrogen-bond acceptors (Lipinski definition) is 5. The van der Waals surface area contributed by atoms with Gasteiger partial charge in [-0.2, -0.15) is 14.0 Å². The lowest BCUT2D eigenvalue weighted by atomic mass is 10.2. The van der Waals surface area contributed by atoms with Crippen molar-refractivity contribution in [1.82, 2.24) is 0 Å². The summed E-state index contributed by atoms with van der Waals surface area (Å²) in [5.74, 6) is -2.20. The highest BCUT2D eigenvalue weighted by Gasteiger charge is 2.11. The first-order chi connectivity index (χ1) is 13.0. The van der Waals surface area contributed by atoms with Crippen LogP contribution in [0.15, 0.2) is 53.4 Å². The van der Waals surface area contributed by atoms with Crippen LogP contribution in [0, 0.1) is 11.3 Å². The van der Waals surface area contributed by atoms with Gasteiger partial charge in [0.1, 0.15) is 6.07 Å². The first-order valence-corrected chi connectivity index (χ1v) is 8.62. The highest BCUT2D eigenvalue weighted by atomic mass is 32.2. The highest BCUT2D eigenvalue weighted by molar-refractivity contribution is 7.99. The zero-order valence-corrected chi connectivity index (χ0v) is 15.1. The van der Waals surface area contributed by atoms with Crippen LogP contribution in [-0.2, 0) is 4.79 Å². The number of ether oxygens (including phenoxy) is 2. The summed E-state index contributed by atoms with van der Waals surface area (Å²) in [5.41, 5.74) is 0.983. The molecule has 1 N–H and O–H groups in total. The van der Waals surface area contributed by atoms with Crippen molar-refractivity contribution in [2.24, 2.45) is 0 Å². The van der Waals surface area contributed by atoms with Gasteiger partial charge in [-0.3, -0.25) is 4.79 Å². The predicted octanol–water partition coefficient (Wildman–Crippen LogP) is 4.56. The van der Waals surface area contributed by atoms with E-state index in [9.17, 15) is 13.6 Å². The Morgan fingerprint density at radius 3 is 2.78 bits per heavy atom. The molecule has 0 bridgehead atoms. The Balaban J connectivity index is 2.08. The summed E-state index contributed by atoms with van der Waals surface area (Å²) >= 11 is 0.369. The van der Waals surface area contributed by atoms with Crippen LogP contribution in [0.5, 0.6) is 11.5 Å². The van der Waals surface area contributed by atoms with E-state index < -0.39 is 11.7 Å². The number of para-hydroxylation sites is 1. The average Bonchev–Trinajstić information content (AvgIpc) is 2.66.